The molecule has 4 nitrogen and oxygen atoms in total. The van der Waals surface area contributed by atoms with E-state index >= 15 is 0 Å². The molecule has 140 valence electrons. The van der Waals surface area contributed by atoms with Crippen LogP contribution >= 0.6 is 0 Å². The van der Waals surface area contributed by atoms with Gasteiger partial charge in [-0.2, -0.15) is 0 Å². The van der Waals surface area contributed by atoms with Crippen LogP contribution in [0.15, 0.2) is 66.7 Å². The molecule has 0 atom stereocenters. The smallest absolute Gasteiger partial charge is 0.335 e. The minimum absolute atomic E-state index is 0.00603. The molecule has 0 aromatic heterocycles. The SMILES string of the molecule is O=C(Cc1cccc2c1Cc1ccccc1-2)NCCc1ccc(C(=O)O)cc1. The van der Waals surface area contributed by atoms with E-state index in [1.807, 2.05) is 12.1 Å². The predicted molar refractivity (Wildman–Crippen MR) is 109 cm³/mol. The maximum atomic E-state index is 12.4. The van der Waals surface area contributed by atoms with Crippen molar-refractivity contribution in [1.82, 2.24) is 5.32 Å². The summed E-state index contributed by atoms with van der Waals surface area (Å²) in [5.74, 6) is -0.927. The Kier molecular flexibility index (Phi) is 4.94. The first-order valence-corrected chi connectivity index (χ1v) is 9.40. The van der Waals surface area contributed by atoms with E-state index in [9.17, 15) is 9.59 Å². The summed E-state index contributed by atoms with van der Waals surface area (Å²) in [7, 11) is 0. The minimum Gasteiger partial charge on any atom is -0.478 e. The molecule has 0 saturated heterocycles. The van der Waals surface area contributed by atoms with Crippen molar-refractivity contribution in [2.24, 2.45) is 0 Å². The van der Waals surface area contributed by atoms with Crippen molar-refractivity contribution in [3.63, 3.8) is 0 Å². The molecule has 0 fully saturated rings. The lowest BCUT2D eigenvalue weighted by Gasteiger charge is -2.10. The third kappa shape index (κ3) is 3.67. The fourth-order valence-corrected chi connectivity index (χ4v) is 3.78. The predicted octanol–water partition coefficient (Wildman–Crippen LogP) is 3.86. The molecule has 4 heteroatoms. The lowest BCUT2D eigenvalue weighted by Crippen LogP contribution is -2.27. The second-order valence-corrected chi connectivity index (χ2v) is 7.06. The summed E-state index contributed by atoms with van der Waals surface area (Å²) < 4.78 is 0. The van der Waals surface area contributed by atoms with E-state index < -0.39 is 5.97 Å². The van der Waals surface area contributed by atoms with Gasteiger partial charge in [-0.05, 0) is 58.4 Å². The zero-order valence-electron chi connectivity index (χ0n) is 15.4. The molecule has 3 aromatic rings. The number of amides is 1. The van der Waals surface area contributed by atoms with Gasteiger partial charge in [0.05, 0.1) is 12.0 Å². The quantitative estimate of drug-likeness (QED) is 0.541. The number of carbonyl (C=O) groups excluding carboxylic acids is 1. The topological polar surface area (TPSA) is 66.4 Å². The van der Waals surface area contributed by atoms with Crippen LogP contribution in [0, 0.1) is 0 Å². The van der Waals surface area contributed by atoms with Crippen molar-refractivity contribution in [2.75, 3.05) is 6.54 Å². The van der Waals surface area contributed by atoms with E-state index in [0.29, 0.717) is 19.4 Å². The molecule has 4 rings (SSSR count). The van der Waals surface area contributed by atoms with Gasteiger partial charge in [0, 0.05) is 6.54 Å². The van der Waals surface area contributed by atoms with Crippen molar-refractivity contribution in [2.45, 2.75) is 19.3 Å². The van der Waals surface area contributed by atoms with E-state index in [0.717, 1.165) is 17.5 Å². The number of benzene rings is 3. The molecule has 1 aliphatic carbocycles. The van der Waals surface area contributed by atoms with Crippen LogP contribution in [0.5, 0.6) is 0 Å². The van der Waals surface area contributed by atoms with Crippen LogP contribution in [0.3, 0.4) is 0 Å². The second kappa shape index (κ2) is 7.69. The normalized spacial score (nSPS) is 11.6. The highest BCUT2D eigenvalue weighted by Gasteiger charge is 2.21. The Labute approximate surface area is 163 Å². The van der Waals surface area contributed by atoms with Gasteiger partial charge in [0.15, 0.2) is 0 Å². The van der Waals surface area contributed by atoms with E-state index in [-0.39, 0.29) is 11.5 Å². The fraction of sp³-hybridized carbons (Fsp3) is 0.167. The number of hydrogen-bond acceptors (Lipinski definition) is 2. The maximum absolute atomic E-state index is 12.4. The number of aromatic carboxylic acids is 1. The monoisotopic (exact) mass is 371 g/mol. The van der Waals surface area contributed by atoms with Crippen LogP contribution in [0.1, 0.15) is 32.6 Å². The van der Waals surface area contributed by atoms with Crippen LogP contribution in [0.2, 0.25) is 0 Å². The lowest BCUT2D eigenvalue weighted by molar-refractivity contribution is -0.120. The number of fused-ring (bicyclic) bond motifs is 3. The molecule has 28 heavy (non-hydrogen) atoms. The molecule has 0 aliphatic heterocycles. The summed E-state index contributed by atoms with van der Waals surface area (Å²) in [6.07, 6.45) is 1.92. The number of carbonyl (C=O) groups is 2. The van der Waals surface area contributed by atoms with E-state index in [1.165, 1.54) is 22.3 Å². The lowest BCUT2D eigenvalue weighted by atomic mass is 9.99. The minimum atomic E-state index is -0.933. The Morgan fingerprint density at radius 3 is 2.43 bits per heavy atom. The molecular formula is C24H21NO3. The summed E-state index contributed by atoms with van der Waals surface area (Å²) in [6.45, 7) is 0.528. The standard InChI is InChI=1S/C24H21NO3/c26-23(25-13-12-16-8-10-17(11-9-16)24(27)28)15-19-5-3-7-21-20-6-2-1-4-18(20)14-22(19)21/h1-11H,12-15H2,(H,25,26)(H,27,28). The number of rotatable bonds is 6. The van der Waals surface area contributed by atoms with Gasteiger partial charge in [0.1, 0.15) is 0 Å². The first kappa shape index (κ1) is 18.0. The van der Waals surface area contributed by atoms with Gasteiger partial charge in [0.25, 0.3) is 0 Å². The Hall–Kier alpha value is -3.40. The van der Waals surface area contributed by atoms with Crippen molar-refractivity contribution >= 4 is 11.9 Å². The molecule has 1 aliphatic rings. The molecule has 0 saturated carbocycles. The average Bonchev–Trinajstić information content (AvgIpc) is 3.08. The number of hydrogen-bond donors (Lipinski definition) is 2. The van der Waals surface area contributed by atoms with Crippen LogP contribution < -0.4 is 5.32 Å². The van der Waals surface area contributed by atoms with Crippen LogP contribution in [0.4, 0.5) is 0 Å². The van der Waals surface area contributed by atoms with Gasteiger partial charge < -0.3 is 10.4 Å². The first-order chi connectivity index (χ1) is 13.6. The van der Waals surface area contributed by atoms with E-state index in [2.05, 4.69) is 35.6 Å². The summed E-state index contributed by atoms with van der Waals surface area (Å²) in [4.78, 5) is 23.3. The Morgan fingerprint density at radius 2 is 1.64 bits per heavy atom. The summed E-state index contributed by atoms with van der Waals surface area (Å²) in [5.41, 5.74) is 7.42. The van der Waals surface area contributed by atoms with Crippen molar-refractivity contribution in [1.29, 1.82) is 0 Å². The molecule has 0 heterocycles. The van der Waals surface area contributed by atoms with E-state index in [4.69, 9.17) is 5.11 Å². The fourth-order valence-electron chi connectivity index (χ4n) is 3.78. The van der Waals surface area contributed by atoms with Crippen molar-refractivity contribution < 1.29 is 14.7 Å². The number of nitrogens with one attached hydrogen (secondary N) is 1. The zero-order valence-corrected chi connectivity index (χ0v) is 15.4. The Balaban J connectivity index is 1.36. The molecular weight excluding hydrogens is 350 g/mol. The average molecular weight is 371 g/mol. The molecule has 0 spiro atoms. The van der Waals surface area contributed by atoms with Gasteiger partial charge in [-0.15, -0.1) is 0 Å². The maximum Gasteiger partial charge on any atom is 0.335 e. The Morgan fingerprint density at radius 1 is 0.893 bits per heavy atom. The first-order valence-electron chi connectivity index (χ1n) is 9.40. The third-order valence-electron chi connectivity index (χ3n) is 5.24. The molecule has 0 radical (unpaired) electrons. The molecule has 1 amide bonds. The number of carboxylic acids is 1. The van der Waals surface area contributed by atoms with Crippen molar-refractivity contribution in [3.8, 4) is 11.1 Å². The van der Waals surface area contributed by atoms with Crippen LogP contribution in [0.25, 0.3) is 11.1 Å². The third-order valence-corrected chi connectivity index (χ3v) is 5.24. The van der Waals surface area contributed by atoms with Gasteiger partial charge in [-0.3, -0.25) is 4.79 Å². The summed E-state index contributed by atoms with van der Waals surface area (Å²) in [5, 5.41) is 11.9. The van der Waals surface area contributed by atoms with Gasteiger partial charge in [-0.1, -0.05) is 54.6 Å². The summed E-state index contributed by atoms with van der Waals surface area (Å²) >= 11 is 0. The van der Waals surface area contributed by atoms with E-state index in [1.54, 1.807) is 24.3 Å². The zero-order chi connectivity index (χ0) is 19.5. The van der Waals surface area contributed by atoms with Gasteiger partial charge >= 0.3 is 5.97 Å². The summed E-state index contributed by atoms with van der Waals surface area (Å²) in [6, 6.07) is 21.3. The molecule has 0 unspecified atom stereocenters. The van der Waals surface area contributed by atoms with Crippen LogP contribution in [-0.4, -0.2) is 23.5 Å². The second-order valence-electron chi connectivity index (χ2n) is 7.06. The highest BCUT2D eigenvalue weighted by Crippen LogP contribution is 2.38. The van der Waals surface area contributed by atoms with Crippen molar-refractivity contribution in [3.05, 3.63) is 94.5 Å². The highest BCUT2D eigenvalue weighted by atomic mass is 16.4. The number of carboxylic acid groups (broad SMARTS) is 1. The van der Waals surface area contributed by atoms with Gasteiger partial charge in [-0.25, -0.2) is 4.79 Å². The molecule has 2 N–H and O–H groups in total. The molecule has 0 bridgehead atoms. The van der Waals surface area contributed by atoms with Gasteiger partial charge in [0.2, 0.25) is 5.91 Å². The highest BCUT2D eigenvalue weighted by molar-refractivity contribution is 5.87. The largest absolute Gasteiger partial charge is 0.478 e. The van der Waals surface area contributed by atoms with Crippen LogP contribution in [-0.2, 0) is 24.1 Å². The molecule has 3 aromatic carbocycles. The Bertz CT molecular complexity index is 1040.